The quantitative estimate of drug-likeness (QED) is 0.916. The van der Waals surface area contributed by atoms with Crippen LogP contribution in [0.5, 0.6) is 0 Å². The van der Waals surface area contributed by atoms with E-state index in [1.807, 2.05) is 26.0 Å². The molecule has 0 aliphatic carbocycles. The lowest BCUT2D eigenvalue weighted by Crippen LogP contribution is -2.12. The molecule has 0 aliphatic heterocycles. The van der Waals surface area contributed by atoms with Gasteiger partial charge in [-0.1, -0.05) is 6.07 Å². The van der Waals surface area contributed by atoms with Crippen molar-refractivity contribution in [3.63, 3.8) is 0 Å². The summed E-state index contributed by atoms with van der Waals surface area (Å²) in [6, 6.07) is 6.00. The third kappa shape index (κ3) is 3.95. The van der Waals surface area contributed by atoms with Crippen molar-refractivity contribution < 1.29 is 9.21 Å². The zero-order valence-corrected chi connectivity index (χ0v) is 11.5. The summed E-state index contributed by atoms with van der Waals surface area (Å²) in [4.78, 5) is 16.0. The van der Waals surface area contributed by atoms with Crippen LogP contribution in [0, 0.1) is 20.8 Å². The highest BCUT2D eigenvalue weighted by molar-refractivity contribution is 5.91. The van der Waals surface area contributed by atoms with Crippen molar-refractivity contribution in [2.45, 2.75) is 33.6 Å². The first-order valence-corrected chi connectivity index (χ1v) is 6.32. The minimum absolute atomic E-state index is 0.00865. The Morgan fingerprint density at radius 1 is 1.21 bits per heavy atom. The van der Waals surface area contributed by atoms with Crippen molar-refractivity contribution in [3.05, 3.63) is 47.2 Å². The molecular formula is C15H18N2O2. The number of anilines is 1. The fourth-order valence-electron chi connectivity index (χ4n) is 2.03. The molecule has 1 aromatic carbocycles. The van der Waals surface area contributed by atoms with Gasteiger partial charge in [-0.2, -0.15) is 0 Å². The van der Waals surface area contributed by atoms with Crippen LogP contribution in [-0.2, 0) is 11.2 Å². The predicted molar refractivity (Wildman–Crippen MR) is 74.1 cm³/mol. The standard InChI is InChI=1S/C15H18N2O2/c1-10-6-11(2)8-14(7-10)17-15(18)5-4-13-9-19-12(3)16-13/h6-9H,4-5H2,1-3H3,(H,17,18). The summed E-state index contributed by atoms with van der Waals surface area (Å²) in [5.74, 6) is 0.621. The number of hydrogen-bond acceptors (Lipinski definition) is 3. The first-order valence-electron chi connectivity index (χ1n) is 6.32. The van der Waals surface area contributed by atoms with Gasteiger partial charge in [-0.3, -0.25) is 4.79 Å². The summed E-state index contributed by atoms with van der Waals surface area (Å²) in [5.41, 5.74) is 3.94. The topological polar surface area (TPSA) is 55.1 Å². The molecule has 4 heteroatoms. The molecule has 0 radical (unpaired) electrons. The molecule has 2 aromatic rings. The Balaban J connectivity index is 1.90. The highest BCUT2D eigenvalue weighted by Crippen LogP contribution is 2.14. The third-order valence-corrected chi connectivity index (χ3v) is 2.78. The maximum Gasteiger partial charge on any atom is 0.224 e. The van der Waals surface area contributed by atoms with E-state index in [2.05, 4.69) is 16.4 Å². The molecule has 1 amide bonds. The number of benzene rings is 1. The van der Waals surface area contributed by atoms with Gasteiger partial charge in [0, 0.05) is 25.5 Å². The van der Waals surface area contributed by atoms with Crippen LogP contribution in [-0.4, -0.2) is 10.9 Å². The fraction of sp³-hybridized carbons (Fsp3) is 0.333. The highest BCUT2D eigenvalue weighted by Gasteiger charge is 2.06. The molecule has 4 nitrogen and oxygen atoms in total. The van der Waals surface area contributed by atoms with E-state index < -0.39 is 0 Å². The SMILES string of the molecule is Cc1cc(C)cc(NC(=O)CCc2coc(C)n2)c1. The summed E-state index contributed by atoms with van der Waals surface area (Å²) in [6.45, 7) is 5.82. The molecule has 0 saturated carbocycles. The van der Waals surface area contributed by atoms with Gasteiger partial charge in [0.25, 0.3) is 0 Å². The number of aryl methyl sites for hydroxylation is 4. The lowest BCUT2D eigenvalue weighted by molar-refractivity contribution is -0.116. The molecule has 0 bridgehead atoms. The molecular weight excluding hydrogens is 240 g/mol. The van der Waals surface area contributed by atoms with Crippen molar-refractivity contribution in [2.24, 2.45) is 0 Å². The van der Waals surface area contributed by atoms with Crippen molar-refractivity contribution >= 4 is 11.6 Å². The van der Waals surface area contributed by atoms with Crippen LogP contribution in [0.25, 0.3) is 0 Å². The van der Waals surface area contributed by atoms with Gasteiger partial charge in [0.2, 0.25) is 5.91 Å². The first kappa shape index (κ1) is 13.3. The normalized spacial score (nSPS) is 10.5. The minimum atomic E-state index is -0.00865. The molecule has 0 unspecified atom stereocenters. The minimum Gasteiger partial charge on any atom is -0.449 e. The highest BCUT2D eigenvalue weighted by atomic mass is 16.3. The van der Waals surface area contributed by atoms with Crippen molar-refractivity contribution in [3.8, 4) is 0 Å². The van der Waals surface area contributed by atoms with Gasteiger partial charge in [0.1, 0.15) is 6.26 Å². The Kier molecular flexibility index (Phi) is 4.00. The van der Waals surface area contributed by atoms with E-state index in [-0.39, 0.29) is 5.91 Å². The van der Waals surface area contributed by atoms with Crippen LogP contribution in [0.15, 0.2) is 28.9 Å². The molecule has 2 rings (SSSR count). The number of hydrogen-bond donors (Lipinski definition) is 1. The van der Waals surface area contributed by atoms with E-state index in [0.29, 0.717) is 18.7 Å². The fourth-order valence-corrected chi connectivity index (χ4v) is 2.03. The maximum absolute atomic E-state index is 11.8. The number of nitrogens with zero attached hydrogens (tertiary/aromatic N) is 1. The summed E-state index contributed by atoms with van der Waals surface area (Å²) >= 11 is 0. The Morgan fingerprint density at radius 2 is 1.89 bits per heavy atom. The second-order valence-electron chi connectivity index (χ2n) is 4.78. The zero-order valence-electron chi connectivity index (χ0n) is 11.5. The molecule has 0 aliphatic rings. The predicted octanol–water partition coefficient (Wildman–Crippen LogP) is 3.17. The molecule has 0 saturated heterocycles. The van der Waals surface area contributed by atoms with E-state index in [1.165, 1.54) is 0 Å². The van der Waals surface area contributed by atoms with Crippen LogP contribution < -0.4 is 5.32 Å². The Bertz CT molecular complexity index is 567. The summed E-state index contributed by atoms with van der Waals surface area (Å²) in [7, 11) is 0. The lowest BCUT2D eigenvalue weighted by Gasteiger charge is -2.07. The largest absolute Gasteiger partial charge is 0.449 e. The number of nitrogens with one attached hydrogen (secondary N) is 1. The van der Waals surface area contributed by atoms with Gasteiger partial charge >= 0.3 is 0 Å². The number of aromatic nitrogens is 1. The number of amides is 1. The summed E-state index contributed by atoms with van der Waals surface area (Å²) < 4.78 is 5.10. The van der Waals surface area contributed by atoms with Gasteiger partial charge in [0.15, 0.2) is 5.89 Å². The van der Waals surface area contributed by atoms with Crippen LogP contribution >= 0.6 is 0 Å². The van der Waals surface area contributed by atoms with E-state index in [4.69, 9.17) is 4.42 Å². The lowest BCUT2D eigenvalue weighted by atomic mass is 10.1. The Hall–Kier alpha value is -2.10. The van der Waals surface area contributed by atoms with Gasteiger partial charge < -0.3 is 9.73 Å². The van der Waals surface area contributed by atoms with Gasteiger partial charge in [-0.25, -0.2) is 4.98 Å². The summed E-state index contributed by atoms with van der Waals surface area (Å²) in [5, 5.41) is 2.90. The zero-order chi connectivity index (χ0) is 13.8. The molecule has 19 heavy (non-hydrogen) atoms. The second kappa shape index (κ2) is 5.69. The molecule has 1 N–H and O–H groups in total. The first-order chi connectivity index (χ1) is 9.02. The molecule has 0 spiro atoms. The number of carbonyl (C=O) groups excluding carboxylic acids is 1. The van der Waals surface area contributed by atoms with E-state index in [1.54, 1.807) is 13.2 Å². The van der Waals surface area contributed by atoms with Crippen molar-refractivity contribution in [2.75, 3.05) is 5.32 Å². The van der Waals surface area contributed by atoms with Crippen LogP contribution in [0.3, 0.4) is 0 Å². The van der Waals surface area contributed by atoms with Crippen LogP contribution in [0.4, 0.5) is 5.69 Å². The van der Waals surface area contributed by atoms with Crippen molar-refractivity contribution in [1.29, 1.82) is 0 Å². The number of carbonyl (C=O) groups is 1. The van der Waals surface area contributed by atoms with E-state index >= 15 is 0 Å². The molecule has 1 heterocycles. The van der Waals surface area contributed by atoms with E-state index in [0.717, 1.165) is 22.5 Å². The molecule has 1 aromatic heterocycles. The van der Waals surface area contributed by atoms with Gasteiger partial charge in [-0.15, -0.1) is 0 Å². The van der Waals surface area contributed by atoms with Crippen LogP contribution in [0.2, 0.25) is 0 Å². The van der Waals surface area contributed by atoms with Crippen molar-refractivity contribution in [1.82, 2.24) is 4.98 Å². The Labute approximate surface area is 112 Å². The molecule has 0 atom stereocenters. The monoisotopic (exact) mass is 258 g/mol. The number of oxazole rings is 1. The summed E-state index contributed by atoms with van der Waals surface area (Å²) in [6.07, 6.45) is 2.59. The number of rotatable bonds is 4. The second-order valence-corrected chi connectivity index (χ2v) is 4.78. The van der Waals surface area contributed by atoms with E-state index in [9.17, 15) is 4.79 Å². The Morgan fingerprint density at radius 3 is 2.47 bits per heavy atom. The van der Waals surface area contributed by atoms with Gasteiger partial charge in [-0.05, 0) is 37.1 Å². The maximum atomic E-state index is 11.8. The average Bonchev–Trinajstić information content (AvgIpc) is 2.71. The van der Waals surface area contributed by atoms with Gasteiger partial charge in [0.05, 0.1) is 5.69 Å². The smallest absolute Gasteiger partial charge is 0.224 e. The average molecular weight is 258 g/mol. The molecule has 100 valence electrons. The molecule has 0 fully saturated rings. The van der Waals surface area contributed by atoms with Crippen LogP contribution in [0.1, 0.15) is 29.1 Å². The third-order valence-electron chi connectivity index (χ3n) is 2.78.